The van der Waals surface area contributed by atoms with Gasteiger partial charge in [0.15, 0.2) is 0 Å². The summed E-state index contributed by atoms with van der Waals surface area (Å²) in [7, 11) is 2.14. The molecule has 17 heavy (non-hydrogen) atoms. The summed E-state index contributed by atoms with van der Waals surface area (Å²) in [6.07, 6.45) is 1.75. The third-order valence-electron chi connectivity index (χ3n) is 3.39. The van der Waals surface area contributed by atoms with Gasteiger partial charge < -0.3 is 14.9 Å². The highest BCUT2D eigenvalue weighted by molar-refractivity contribution is 5.72. The molecule has 1 aliphatic rings. The van der Waals surface area contributed by atoms with Crippen molar-refractivity contribution in [2.75, 3.05) is 36.5 Å². The van der Waals surface area contributed by atoms with Gasteiger partial charge in [0, 0.05) is 26.7 Å². The molecule has 1 unspecified atom stereocenters. The second-order valence-electron chi connectivity index (χ2n) is 4.89. The molecule has 0 radical (unpaired) electrons. The van der Waals surface area contributed by atoms with Crippen LogP contribution in [0.5, 0.6) is 0 Å². The van der Waals surface area contributed by atoms with Gasteiger partial charge in [-0.15, -0.1) is 0 Å². The van der Waals surface area contributed by atoms with E-state index in [9.17, 15) is 5.11 Å². The molecule has 3 heteroatoms. The number of para-hydroxylation sites is 2. The lowest BCUT2D eigenvalue weighted by molar-refractivity contribution is 0.182. The van der Waals surface area contributed by atoms with Crippen LogP contribution in [-0.4, -0.2) is 37.9 Å². The Kier molecular flexibility index (Phi) is 3.89. The van der Waals surface area contributed by atoms with E-state index in [1.807, 2.05) is 6.92 Å². The Morgan fingerprint density at radius 2 is 1.94 bits per heavy atom. The van der Waals surface area contributed by atoms with Gasteiger partial charge in [-0.1, -0.05) is 12.1 Å². The zero-order valence-corrected chi connectivity index (χ0v) is 10.8. The van der Waals surface area contributed by atoms with Crippen molar-refractivity contribution in [3.05, 3.63) is 24.3 Å². The summed E-state index contributed by atoms with van der Waals surface area (Å²) >= 11 is 0. The molecule has 1 aliphatic heterocycles. The van der Waals surface area contributed by atoms with Gasteiger partial charge >= 0.3 is 0 Å². The van der Waals surface area contributed by atoms with Crippen molar-refractivity contribution < 1.29 is 5.11 Å². The van der Waals surface area contributed by atoms with Crippen molar-refractivity contribution in [2.45, 2.75) is 25.9 Å². The van der Waals surface area contributed by atoms with Gasteiger partial charge in [0.05, 0.1) is 17.5 Å². The normalized spacial score (nSPS) is 16.9. The fourth-order valence-electron chi connectivity index (χ4n) is 2.38. The Morgan fingerprint density at radius 1 is 1.24 bits per heavy atom. The van der Waals surface area contributed by atoms with E-state index in [1.54, 1.807) is 0 Å². The van der Waals surface area contributed by atoms with Crippen molar-refractivity contribution in [3.63, 3.8) is 0 Å². The van der Waals surface area contributed by atoms with Crippen LogP contribution < -0.4 is 9.80 Å². The van der Waals surface area contributed by atoms with Crippen molar-refractivity contribution >= 4 is 11.4 Å². The molecule has 1 N–H and O–H groups in total. The number of anilines is 2. The Morgan fingerprint density at radius 3 is 2.65 bits per heavy atom. The summed E-state index contributed by atoms with van der Waals surface area (Å²) in [6, 6.07) is 8.55. The molecule has 0 amide bonds. The van der Waals surface area contributed by atoms with Gasteiger partial charge in [-0.2, -0.15) is 0 Å². The molecule has 0 aromatic heterocycles. The number of fused-ring (bicyclic) bond motifs is 1. The number of aliphatic hydroxyl groups is 1. The fraction of sp³-hybridized carbons (Fsp3) is 0.571. The third kappa shape index (κ3) is 2.91. The van der Waals surface area contributed by atoms with Crippen LogP contribution in [0.25, 0.3) is 0 Å². The number of aliphatic hydroxyl groups excluding tert-OH is 1. The van der Waals surface area contributed by atoms with Crippen LogP contribution in [0.1, 0.15) is 19.8 Å². The molecule has 0 saturated heterocycles. The minimum Gasteiger partial charge on any atom is -0.393 e. The Labute approximate surface area is 104 Å². The van der Waals surface area contributed by atoms with Crippen LogP contribution in [0.3, 0.4) is 0 Å². The van der Waals surface area contributed by atoms with E-state index in [2.05, 4.69) is 41.1 Å². The van der Waals surface area contributed by atoms with E-state index in [0.717, 1.165) is 32.5 Å². The Hall–Kier alpha value is -1.22. The highest BCUT2D eigenvalue weighted by atomic mass is 16.3. The lowest BCUT2D eigenvalue weighted by atomic mass is 10.1. The first-order valence-electron chi connectivity index (χ1n) is 6.41. The van der Waals surface area contributed by atoms with Crippen molar-refractivity contribution in [2.24, 2.45) is 0 Å². The number of likely N-dealkylation sites (N-methyl/N-ethyl adjacent to an activating group) is 1. The molecule has 3 nitrogen and oxygen atoms in total. The van der Waals surface area contributed by atoms with Gasteiger partial charge in [0.25, 0.3) is 0 Å². The second kappa shape index (κ2) is 5.41. The lowest BCUT2D eigenvalue weighted by Crippen LogP contribution is -2.39. The fourth-order valence-corrected chi connectivity index (χ4v) is 2.38. The molecule has 0 saturated carbocycles. The predicted molar refractivity (Wildman–Crippen MR) is 72.8 cm³/mol. The number of hydrogen-bond acceptors (Lipinski definition) is 3. The molecular formula is C14H22N2O. The minimum absolute atomic E-state index is 0.183. The SMILES string of the molecule is CC(O)CCCN1CCN(C)c2ccccc21. The Balaban J connectivity index is 2.03. The van der Waals surface area contributed by atoms with E-state index < -0.39 is 0 Å². The number of hydrogen-bond donors (Lipinski definition) is 1. The molecule has 0 bridgehead atoms. The van der Waals surface area contributed by atoms with Gasteiger partial charge in [-0.05, 0) is 31.9 Å². The summed E-state index contributed by atoms with van der Waals surface area (Å²) in [6.45, 7) is 5.05. The third-order valence-corrected chi connectivity index (χ3v) is 3.39. The van der Waals surface area contributed by atoms with E-state index in [1.165, 1.54) is 11.4 Å². The van der Waals surface area contributed by atoms with Crippen LogP contribution in [0.15, 0.2) is 24.3 Å². The molecule has 94 valence electrons. The van der Waals surface area contributed by atoms with E-state index in [-0.39, 0.29) is 6.10 Å². The molecule has 1 aromatic rings. The summed E-state index contributed by atoms with van der Waals surface area (Å²) in [4.78, 5) is 4.73. The Bertz CT molecular complexity index is 365. The maximum absolute atomic E-state index is 9.29. The molecule has 1 atom stereocenters. The summed E-state index contributed by atoms with van der Waals surface area (Å²) in [5.74, 6) is 0. The van der Waals surface area contributed by atoms with Crippen molar-refractivity contribution in [3.8, 4) is 0 Å². The van der Waals surface area contributed by atoms with E-state index >= 15 is 0 Å². The molecule has 0 aliphatic carbocycles. The highest BCUT2D eigenvalue weighted by Gasteiger charge is 2.18. The second-order valence-corrected chi connectivity index (χ2v) is 4.89. The van der Waals surface area contributed by atoms with Crippen molar-refractivity contribution in [1.29, 1.82) is 0 Å². The molecule has 2 rings (SSSR count). The van der Waals surface area contributed by atoms with Crippen LogP contribution in [0, 0.1) is 0 Å². The zero-order valence-electron chi connectivity index (χ0n) is 10.8. The van der Waals surface area contributed by atoms with Crippen LogP contribution >= 0.6 is 0 Å². The zero-order chi connectivity index (χ0) is 12.3. The monoisotopic (exact) mass is 234 g/mol. The maximum atomic E-state index is 9.29. The van der Waals surface area contributed by atoms with E-state index in [0.29, 0.717) is 0 Å². The average molecular weight is 234 g/mol. The first-order valence-corrected chi connectivity index (χ1v) is 6.41. The first kappa shape index (κ1) is 12.2. The smallest absolute Gasteiger partial charge is 0.0604 e. The summed E-state index contributed by atoms with van der Waals surface area (Å²) in [5.41, 5.74) is 2.64. The molecule has 0 fully saturated rings. The topological polar surface area (TPSA) is 26.7 Å². The summed E-state index contributed by atoms with van der Waals surface area (Å²) < 4.78 is 0. The molecular weight excluding hydrogens is 212 g/mol. The van der Waals surface area contributed by atoms with Crippen LogP contribution in [0.2, 0.25) is 0 Å². The number of benzene rings is 1. The van der Waals surface area contributed by atoms with Gasteiger partial charge in [0.1, 0.15) is 0 Å². The maximum Gasteiger partial charge on any atom is 0.0604 e. The van der Waals surface area contributed by atoms with Gasteiger partial charge in [-0.25, -0.2) is 0 Å². The lowest BCUT2D eigenvalue weighted by Gasteiger charge is -2.37. The largest absolute Gasteiger partial charge is 0.393 e. The van der Waals surface area contributed by atoms with Crippen LogP contribution in [0.4, 0.5) is 11.4 Å². The number of rotatable bonds is 4. The quantitative estimate of drug-likeness (QED) is 0.864. The van der Waals surface area contributed by atoms with Gasteiger partial charge in [0.2, 0.25) is 0 Å². The molecule has 0 spiro atoms. The average Bonchev–Trinajstić information content (AvgIpc) is 2.32. The van der Waals surface area contributed by atoms with Crippen LogP contribution in [-0.2, 0) is 0 Å². The van der Waals surface area contributed by atoms with Gasteiger partial charge in [-0.3, -0.25) is 0 Å². The highest BCUT2D eigenvalue weighted by Crippen LogP contribution is 2.31. The van der Waals surface area contributed by atoms with Crippen molar-refractivity contribution in [1.82, 2.24) is 0 Å². The summed E-state index contributed by atoms with van der Waals surface area (Å²) in [5, 5.41) is 9.29. The first-order chi connectivity index (χ1) is 8.18. The predicted octanol–water partition coefficient (Wildman–Crippen LogP) is 2.10. The number of nitrogens with zero attached hydrogens (tertiary/aromatic N) is 2. The molecule has 1 heterocycles. The minimum atomic E-state index is -0.183. The standard InChI is InChI=1S/C14H22N2O/c1-12(17)6-5-9-16-11-10-15(2)13-7-3-4-8-14(13)16/h3-4,7-8,12,17H,5-6,9-11H2,1-2H3. The molecule has 1 aromatic carbocycles. The van der Waals surface area contributed by atoms with E-state index in [4.69, 9.17) is 0 Å².